The maximum absolute atomic E-state index is 13.3. The van der Waals surface area contributed by atoms with E-state index in [4.69, 9.17) is 0 Å². The Morgan fingerprint density at radius 2 is 2.12 bits per heavy atom. The maximum atomic E-state index is 13.3. The number of rotatable bonds is 3. The van der Waals surface area contributed by atoms with Crippen LogP contribution in [0, 0.1) is 5.82 Å². The number of halogens is 1. The molecule has 0 atom stereocenters. The van der Waals surface area contributed by atoms with Crippen LogP contribution >= 0.6 is 22.7 Å². The molecule has 0 aliphatic rings. The molecule has 1 aromatic carbocycles. The number of fused-ring (bicyclic) bond motifs is 2. The summed E-state index contributed by atoms with van der Waals surface area (Å²) < 4.78 is 15.2. The van der Waals surface area contributed by atoms with Gasteiger partial charge in [0.25, 0.3) is 11.5 Å². The minimum absolute atomic E-state index is 0.318. The van der Waals surface area contributed by atoms with Gasteiger partial charge in [-0.2, -0.15) is 0 Å². The van der Waals surface area contributed by atoms with Crippen molar-refractivity contribution < 1.29 is 9.18 Å². The van der Waals surface area contributed by atoms with E-state index in [0.29, 0.717) is 20.5 Å². The van der Waals surface area contributed by atoms with Gasteiger partial charge < -0.3 is 0 Å². The molecule has 3 aromatic heterocycles. The molecule has 1 N–H and O–H groups in total. The van der Waals surface area contributed by atoms with Crippen molar-refractivity contribution in [3.8, 4) is 0 Å². The second-order valence-corrected chi connectivity index (χ2v) is 7.64. The van der Waals surface area contributed by atoms with Gasteiger partial charge in [-0.05, 0) is 42.1 Å². The zero-order valence-corrected chi connectivity index (χ0v) is 14.7. The molecule has 0 radical (unpaired) electrons. The molecular formula is C17H12FN3O2S2. The molecule has 5 nitrogen and oxygen atoms in total. The monoisotopic (exact) mass is 373 g/mol. The highest BCUT2D eigenvalue weighted by molar-refractivity contribution is 7.21. The average molecular weight is 373 g/mol. The van der Waals surface area contributed by atoms with Crippen LogP contribution in [0.4, 0.5) is 4.39 Å². The molecule has 8 heteroatoms. The Labute approximate surface area is 149 Å². The third kappa shape index (κ3) is 2.83. The van der Waals surface area contributed by atoms with Crippen LogP contribution in [0.15, 0.2) is 41.5 Å². The first-order valence-electron chi connectivity index (χ1n) is 7.55. The van der Waals surface area contributed by atoms with Crippen LogP contribution < -0.4 is 11.0 Å². The standard InChI is InChI=1S/C17H12FN3O2S2/c1-2-11-7-12-16(24-11)19-8-21(17(12)23)20-15(22)14-6-9-5-10(18)3-4-13(9)25-14/h3-8H,2H2,1H3,(H,20,22). The lowest BCUT2D eigenvalue weighted by Crippen LogP contribution is -2.32. The van der Waals surface area contributed by atoms with Crippen molar-refractivity contribution in [3.05, 3.63) is 62.6 Å². The van der Waals surface area contributed by atoms with Crippen molar-refractivity contribution >= 4 is 48.9 Å². The summed E-state index contributed by atoms with van der Waals surface area (Å²) in [6.45, 7) is 2.01. The quantitative estimate of drug-likeness (QED) is 0.595. The molecule has 3 heterocycles. The number of nitrogens with zero attached hydrogens (tertiary/aromatic N) is 2. The number of carbonyl (C=O) groups is 1. The summed E-state index contributed by atoms with van der Waals surface area (Å²) in [4.78, 5) is 31.3. The molecular weight excluding hydrogens is 361 g/mol. The van der Waals surface area contributed by atoms with Gasteiger partial charge in [0.15, 0.2) is 0 Å². The largest absolute Gasteiger partial charge is 0.280 e. The highest BCUT2D eigenvalue weighted by atomic mass is 32.1. The molecule has 0 spiro atoms. The number of aromatic nitrogens is 2. The van der Waals surface area contributed by atoms with Crippen molar-refractivity contribution in [1.82, 2.24) is 9.66 Å². The van der Waals surface area contributed by atoms with Gasteiger partial charge in [0, 0.05) is 9.58 Å². The van der Waals surface area contributed by atoms with Crippen LogP contribution in [0.25, 0.3) is 20.3 Å². The summed E-state index contributed by atoms with van der Waals surface area (Å²) in [5, 5.41) is 1.14. The molecule has 0 saturated heterocycles. The molecule has 0 bridgehead atoms. The predicted octanol–water partition coefficient (Wildman–Crippen LogP) is 3.76. The second kappa shape index (κ2) is 6.05. The highest BCUT2D eigenvalue weighted by Crippen LogP contribution is 2.26. The van der Waals surface area contributed by atoms with E-state index in [1.807, 2.05) is 6.92 Å². The van der Waals surface area contributed by atoms with Crippen LogP contribution in [0.1, 0.15) is 21.5 Å². The smallest absolute Gasteiger partial charge is 0.267 e. The van der Waals surface area contributed by atoms with Gasteiger partial charge in [-0.3, -0.25) is 15.0 Å². The number of benzene rings is 1. The normalized spacial score (nSPS) is 11.3. The molecule has 25 heavy (non-hydrogen) atoms. The lowest BCUT2D eigenvalue weighted by atomic mass is 10.2. The Balaban J connectivity index is 1.68. The number of hydrogen-bond donors (Lipinski definition) is 1. The lowest BCUT2D eigenvalue weighted by molar-refractivity contribution is 0.101. The van der Waals surface area contributed by atoms with Crippen molar-refractivity contribution in [1.29, 1.82) is 0 Å². The molecule has 126 valence electrons. The Kier molecular flexibility index (Phi) is 3.85. The van der Waals surface area contributed by atoms with Crippen LogP contribution in [0.2, 0.25) is 0 Å². The fraction of sp³-hybridized carbons (Fsp3) is 0.118. The first-order chi connectivity index (χ1) is 12.0. The van der Waals surface area contributed by atoms with Gasteiger partial charge in [-0.25, -0.2) is 14.1 Å². The SMILES string of the molecule is CCc1cc2c(=O)n(NC(=O)c3cc4cc(F)ccc4s3)cnc2s1. The fourth-order valence-corrected chi connectivity index (χ4v) is 4.38. The third-order valence-electron chi connectivity index (χ3n) is 3.78. The van der Waals surface area contributed by atoms with Crippen LogP contribution in [0.3, 0.4) is 0 Å². The van der Waals surface area contributed by atoms with E-state index in [-0.39, 0.29) is 11.4 Å². The van der Waals surface area contributed by atoms with Crippen molar-refractivity contribution in [2.45, 2.75) is 13.3 Å². The Morgan fingerprint density at radius 3 is 2.92 bits per heavy atom. The predicted molar refractivity (Wildman–Crippen MR) is 98.7 cm³/mol. The van der Waals surface area contributed by atoms with Crippen LogP contribution in [-0.4, -0.2) is 15.6 Å². The number of carbonyl (C=O) groups excluding carboxylic acids is 1. The van der Waals surface area contributed by atoms with Crippen LogP contribution in [0.5, 0.6) is 0 Å². The molecule has 1 amide bonds. The summed E-state index contributed by atoms with van der Waals surface area (Å²) in [5.74, 6) is -0.789. The van der Waals surface area contributed by atoms with E-state index in [0.717, 1.165) is 20.7 Å². The summed E-state index contributed by atoms with van der Waals surface area (Å²) in [5.41, 5.74) is 2.23. The number of thiophene rings is 2. The summed E-state index contributed by atoms with van der Waals surface area (Å²) >= 11 is 2.71. The highest BCUT2D eigenvalue weighted by Gasteiger charge is 2.14. The zero-order chi connectivity index (χ0) is 17.6. The maximum Gasteiger partial charge on any atom is 0.280 e. The van der Waals surface area contributed by atoms with Gasteiger partial charge in [0.1, 0.15) is 17.0 Å². The Hall–Kier alpha value is -2.58. The summed E-state index contributed by atoms with van der Waals surface area (Å²) in [6, 6.07) is 7.77. The fourth-order valence-electron chi connectivity index (χ4n) is 2.52. The number of nitrogens with one attached hydrogen (secondary N) is 1. The van der Waals surface area contributed by atoms with Gasteiger partial charge in [0.2, 0.25) is 0 Å². The lowest BCUT2D eigenvalue weighted by Gasteiger charge is -2.05. The second-order valence-electron chi connectivity index (χ2n) is 5.44. The Morgan fingerprint density at radius 1 is 1.28 bits per heavy atom. The van der Waals surface area contributed by atoms with Crippen LogP contribution in [-0.2, 0) is 6.42 Å². The van der Waals surface area contributed by atoms with Crippen molar-refractivity contribution in [2.75, 3.05) is 5.43 Å². The number of amides is 1. The van der Waals surface area contributed by atoms with Gasteiger partial charge in [-0.1, -0.05) is 6.92 Å². The topological polar surface area (TPSA) is 64.0 Å². The first kappa shape index (κ1) is 15.9. The minimum Gasteiger partial charge on any atom is -0.267 e. The molecule has 4 aromatic rings. The Bertz CT molecular complexity index is 1180. The van der Waals surface area contributed by atoms with E-state index in [1.165, 1.54) is 41.1 Å². The molecule has 0 unspecified atom stereocenters. The first-order valence-corrected chi connectivity index (χ1v) is 9.19. The third-order valence-corrected chi connectivity index (χ3v) is 6.08. The number of hydrogen-bond acceptors (Lipinski definition) is 5. The van der Waals surface area contributed by atoms with Gasteiger partial charge >= 0.3 is 0 Å². The van der Waals surface area contributed by atoms with E-state index in [9.17, 15) is 14.0 Å². The van der Waals surface area contributed by atoms with Gasteiger partial charge in [-0.15, -0.1) is 22.7 Å². The minimum atomic E-state index is -0.434. The molecule has 0 saturated carbocycles. The number of aryl methyl sites for hydroxylation is 1. The molecule has 4 rings (SSSR count). The van der Waals surface area contributed by atoms with Crippen molar-refractivity contribution in [3.63, 3.8) is 0 Å². The molecule has 0 aliphatic heterocycles. The van der Waals surface area contributed by atoms with E-state index in [2.05, 4.69) is 10.4 Å². The zero-order valence-electron chi connectivity index (χ0n) is 13.1. The van der Waals surface area contributed by atoms with E-state index in [1.54, 1.807) is 18.2 Å². The van der Waals surface area contributed by atoms with Gasteiger partial charge in [0.05, 0.1) is 10.3 Å². The molecule has 0 fully saturated rings. The van der Waals surface area contributed by atoms with E-state index < -0.39 is 5.91 Å². The van der Waals surface area contributed by atoms with Crippen molar-refractivity contribution in [2.24, 2.45) is 0 Å². The average Bonchev–Trinajstić information content (AvgIpc) is 3.20. The summed E-state index contributed by atoms with van der Waals surface area (Å²) in [7, 11) is 0. The molecule has 0 aliphatic carbocycles. The summed E-state index contributed by atoms with van der Waals surface area (Å²) in [6.07, 6.45) is 2.14. The van der Waals surface area contributed by atoms with E-state index >= 15 is 0 Å².